The van der Waals surface area contributed by atoms with Crippen molar-refractivity contribution in [2.45, 2.75) is 25.6 Å². The molecule has 0 saturated heterocycles. The van der Waals surface area contributed by atoms with Crippen molar-refractivity contribution >= 4 is 17.8 Å². The summed E-state index contributed by atoms with van der Waals surface area (Å²) in [6.45, 7) is 0.970. The Hall–Kier alpha value is -3.33. The standard InChI is InChI=1S/C18H23N7O2/c1-23-17(27)15(7-9-24-10-8-21-18(23)24)22-16(26)14(19)12-25(20)11-13-5-3-2-4-6-13/h2-6,8,10,12,15H,7,9,11,19-20H2,1H3,(H,22,26)/b14-12-. The lowest BCUT2D eigenvalue weighted by molar-refractivity contribution is -0.125. The van der Waals surface area contributed by atoms with Crippen LogP contribution in [-0.2, 0) is 22.7 Å². The molecule has 1 unspecified atom stereocenters. The third-order valence-electron chi connectivity index (χ3n) is 4.36. The first-order valence-corrected chi connectivity index (χ1v) is 8.58. The van der Waals surface area contributed by atoms with E-state index in [1.807, 2.05) is 34.9 Å². The van der Waals surface area contributed by atoms with Crippen LogP contribution in [0.3, 0.4) is 0 Å². The summed E-state index contributed by atoms with van der Waals surface area (Å²) in [7, 11) is 1.63. The van der Waals surface area contributed by atoms with Crippen molar-refractivity contribution in [2.75, 3.05) is 11.9 Å². The molecule has 0 bridgehead atoms. The smallest absolute Gasteiger partial charge is 0.269 e. The number of amides is 2. The minimum absolute atomic E-state index is 0.0640. The molecule has 0 radical (unpaired) electrons. The lowest BCUT2D eigenvalue weighted by Gasteiger charge is -2.20. The Morgan fingerprint density at radius 1 is 1.41 bits per heavy atom. The van der Waals surface area contributed by atoms with Crippen LogP contribution in [0, 0.1) is 0 Å². The fourth-order valence-electron chi connectivity index (χ4n) is 2.95. The number of aromatic nitrogens is 2. The van der Waals surface area contributed by atoms with Gasteiger partial charge >= 0.3 is 0 Å². The number of aryl methyl sites for hydroxylation is 1. The molecule has 9 heteroatoms. The average molecular weight is 369 g/mol. The summed E-state index contributed by atoms with van der Waals surface area (Å²) < 4.78 is 1.87. The van der Waals surface area contributed by atoms with Gasteiger partial charge in [0.2, 0.25) is 5.95 Å². The fraction of sp³-hybridized carbons (Fsp3) is 0.278. The van der Waals surface area contributed by atoms with E-state index >= 15 is 0 Å². The SMILES string of the molecule is CN1C(=O)C(NC(=O)/C(N)=C/N(N)Cc2ccccc2)CCn2ccnc21. The van der Waals surface area contributed by atoms with Gasteiger partial charge in [-0.05, 0) is 12.0 Å². The number of nitrogens with zero attached hydrogens (tertiary/aromatic N) is 4. The molecule has 1 aromatic heterocycles. The molecule has 3 rings (SSSR count). The number of benzene rings is 1. The molecule has 1 aliphatic rings. The quantitative estimate of drug-likeness (QED) is 0.385. The van der Waals surface area contributed by atoms with Gasteiger partial charge in [-0.3, -0.25) is 14.5 Å². The minimum atomic E-state index is -0.684. The normalized spacial score (nSPS) is 17.3. The molecule has 9 nitrogen and oxygen atoms in total. The van der Waals surface area contributed by atoms with Crippen LogP contribution in [0.4, 0.5) is 5.95 Å². The molecule has 5 N–H and O–H groups in total. The molecule has 0 fully saturated rings. The van der Waals surface area contributed by atoms with Crippen molar-refractivity contribution < 1.29 is 9.59 Å². The van der Waals surface area contributed by atoms with Gasteiger partial charge in [0.1, 0.15) is 11.7 Å². The van der Waals surface area contributed by atoms with Gasteiger partial charge in [-0.2, -0.15) is 0 Å². The molecule has 0 aliphatic carbocycles. The Labute approximate surface area is 157 Å². The summed E-state index contributed by atoms with van der Waals surface area (Å²) in [4.78, 5) is 30.6. The van der Waals surface area contributed by atoms with Crippen LogP contribution < -0.4 is 21.8 Å². The first-order chi connectivity index (χ1) is 13.0. The highest BCUT2D eigenvalue weighted by Gasteiger charge is 2.30. The van der Waals surface area contributed by atoms with Gasteiger partial charge in [0.25, 0.3) is 11.8 Å². The van der Waals surface area contributed by atoms with E-state index in [-0.39, 0.29) is 11.6 Å². The van der Waals surface area contributed by atoms with Gasteiger partial charge in [-0.25, -0.2) is 10.8 Å². The topological polar surface area (TPSA) is 123 Å². The van der Waals surface area contributed by atoms with E-state index in [9.17, 15) is 9.59 Å². The first kappa shape index (κ1) is 18.5. The second-order valence-corrected chi connectivity index (χ2v) is 6.37. The van der Waals surface area contributed by atoms with Crippen molar-refractivity contribution in [1.82, 2.24) is 19.9 Å². The average Bonchev–Trinajstić information content (AvgIpc) is 3.09. The van der Waals surface area contributed by atoms with E-state index in [1.165, 1.54) is 16.1 Å². The van der Waals surface area contributed by atoms with Gasteiger partial charge in [0.05, 0.1) is 6.54 Å². The van der Waals surface area contributed by atoms with Gasteiger partial charge in [-0.1, -0.05) is 30.3 Å². The highest BCUT2D eigenvalue weighted by molar-refractivity contribution is 6.01. The third-order valence-corrected chi connectivity index (χ3v) is 4.36. The number of carbonyl (C=O) groups is 2. The minimum Gasteiger partial charge on any atom is -0.393 e. The molecule has 1 aliphatic heterocycles. The number of imidazole rings is 1. The predicted octanol–water partition coefficient (Wildman–Crippen LogP) is -0.0896. The number of hydrazine groups is 1. The number of hydrogen-bond acceptors (Lipinski definition) is 6. The van der Waals surface area contributed by atoms with Gasteiger partial charge < -0.3 is 20.6 Å². The highest BCUT2D eigenvalue weighted by atomic mass is 16.2. The van der Waals surface area contributed by atoms with Crippen LogP contribution >= 0.6 is 0 Å². The molecule has 2 aromatic rings. The monoisotopic (exact) mass is 369 g/mol. The van der Waals surface area contributed by atoms with E-state index in [0.29, 0.717) is 25.5 Å². The third kappa shape index (κ3) is 4.26. The Kier molecular flexibility index (Phi) is 5.41. The van der Waals surface area contributed by atoms with Crippen LogP contribution in [0.15, 0.2) is 54.6 Å². The Morgan fingerprint density at radius 2 is 2.15 bits per heavy atom. The van der Waals surface area contributed by atoms with Crippen LogP contribution in [-0.4, -0.2) is 39.5 Å². The molecular weight excluding hydrogens is 346 g/mol. The summed E-state index contributed by atoms with van der Waals surface area (Å²) in [5.74, 6) is 5.68. The van der Waals surface area contributed by atoms with E-state index in [0.717, 1.165) is 5.56 Å². The largest absolute Gasteiger partial charge is 0.393 e. The maximum atomic E-state index is 12.6. The van der Waals surface area contributed by atoms with E-state index < -0.39 is 11.9 Å². The molecule has 0 spiro atoms. The molecule has 27 heavy (non-hydrogen) atoms. The van der Waals surface area contributed by atoms with Gasteiger partial charge in [0.15, 0.2) is 0 Å². The van der Waals surface area contributed by atoms with Crippen LogP contribution in [0.25, 0.3) is 0 Å². The summed E-state index contributed by atoms with van der Waals surface area (Å²) in [5, 5.41) is 4.02. The van der Waals surface area contributed by atoms with Gasteiger partial charge in [0, 0.05) is 32.2 Å². The predicted molar refractivity (Wildman–Crippen MR) is 101 cm³/mol. The fourth-order valence-corrected chi connectivity index (χ4v) is 2.95. The number of nitrogens with one attached hydrogen (secondary N) is 1. The van der Waals surface area contributed by atoms with E-state index in [2.05, 4.69) is 10.3 Å². The zero-order valence-electron chi connectivity index (χ0n) is 15.1. The first-order valence-electron chi connectivity index (χ1n) is 8.58. The summed E-state index contributed by atoms with van der Waals surface area (Å²) >= 11 is 0. The number of rotatable bonds is 5. The number of carbonyl (C=O) groups excluding carboxylic acids is 2. The number of likely N-dealkylation sites (N-methyl/N-ethyl adjacent to an activating group) is 1. The molecule has 2 amide bonds. The van der Waals surface area contributed by atoms with Crippen molar-refractivity contribution in [3.8, 4) is 0 Å². The van der Waals surface area contributed by atoms with Crippen molar-refractivity contribution in [3.63, 3.8) is 0 Å². The molecule has 2 heterocycles. The Balaban J connectivity index is 1.62. The molecular formula is C18H23N7O2. The van der Waals surface area contributed by atoms with Crippen LogP contribution in [0.2, 0.25) is 0 Å². The van der Waals surface area contributed by atoms with Crippen molar-refractivity contribution in [2.24, 2.45) is 11.6 Å². The number of fused-ring (bicyclic) bond motifs is 1. The summed E-state index contributed by atoms with van der Waals surface area (Å²) in [6, 6.07) is 8.89. The number of hydrogen-bond donors (Lipinski definition) is 3. The van der Waals surface area contributed by atoms with Crippen LogP contribution in [0.5, 0.6) is 0 Å². The molecule has 1 aromatic carbocycles. The number of anilines is 1. The lowest BCUT2D eigenvalue weighted by atomic mass is 10.2. The van der Waals surface area contributed by atoms with Crippen molar-refractivity contribution in [3.05, 3.63) is 60.2 Å². The molecule has 142 valence electrons. The van der Waals surface area contributed by atoms with Gasteiger partial charge in [-0.15, -0.1) is 0 Å². The van der Waals surface area contributed by atoms with E-state index in [1.54, 1.807) is 19.4 Å². The van der Waals surface area contributed by atoms with E-state index in [4.69, 9.17) is 11.6 Å². The maximum Gasteiger partial charge on any atom is 0.269 e. The lowest BCUT2D eigenvalue weighted by Crippen LogP contribution is -2.48. The van der Waals surface area contributed by atoms with Crippen LogP contribution in [0.1, 0.15) is 12.0 Å². The maximum absolute atomic E-state index is 12.6. The Bertz CT molecular complexity index is 846. The highest BCUT2D eigenvalue weighted by Crippen LogP contribution is 2.17. The molecule has 0 saturated carbocycles. The second-order valence-electron chi connectivity index (χ2n) is 6.37. The zero-order valence-corrected chi connectivity index (χ0v) is 15.1. The number of nitrogens with two attached hydrogens (primary N) is 2. The zero-order chi connectivity index (χ0) is 19.4. The molecule has 1 atom stereocenters. The second kappa shape index (κ2) is 7.92. The summed E-state index contributed by atoms with van der Waals surface area (Å²) in [5.41, 5.74) is 6.78. The summed E-state index contributed by atoms with van der Waals surface area (Å²) in [6.07, 6.45) is 5.25. The van der Waals surface area contributed by atoms with Crippen molar-refractivity contribution in [1.29, 1.82) is 0 Å². The Morgan fingerprint density at radius 3 is 2.89 bits per heavy atom.